The maximum absolute atomic E-state index is 13.6. The maximum atomic E-state index is 13.6. The fraction of sp³-hybridized carbons (Fsp3) is 0.545. The fourth-order valence-electron chi connectivity index (χ4n) is 8.92. The van der Waals surface area contributed by atoms with E-state index in [-0.39, 0.29) is 51.2 Å². The highest BCUT2D eigenvalue weighted by Crippen LogP contribution is 2.63. The zero-order chi connectivity index (χ0) is 54.6. The quantitative estimate of drug-likeness (QED) is 0.0276. The summed E-state index contributed by atoms with van der Waals surface area (Å²) in [6.45, 7) is -4.16. The van der Waals surface area contributed by atoms with Crippen molar-refractivity contribution in [1.29, 1.82) is 0 Å². The van der Waals surface area contributed by atoms with Crippen molar-refractivity contribution in [3.8, 4) is 0 Å². The van der Waals surface area contributed by atoms with Crippen molar-refractivity contribution in [1.82, 2.24) is 53.6 Å². The number of nitrogens with zero attached hydrogens (tertiary/aromatic N) is 10. The van der Waals surface area contributed by atoms with Gasteiger partial charge in [0, 0.05) is 7.11 Å². The number of nitrogens with one attached hydrogen (secondary N) is 2. The first-order chi connectivity index (χ1) is 35.7. The van der Waals surface area contributed by atoms with Gasteiger partial charge < -0.3 is 93.9 Å². The number of nitrogens with two attached hydrogens (primary N) is 3. The molecular weight excluding hydrogens is 1110 g/mol. The molecule has 0 saturated carbocycles. The average molecular weight is 1150 g/mol. The number of imidazole rings is 3. The second-order valence-electron chi connectivity index (χ2n) is 17.1. The molecule has 43 heteroatoms. The van der Waals surface area contributed by atoms with Gasteiger partial charge in [-0.15, -0.1) is 0 Å². The molecule has 0 amide bonds. The van der Waals surface area contributed by atoms with Gasteiger partial charge in [0.05, 0.1) is 46.1 Å². The maximum Gasteiger partial charge on any atom is 0.313 e. The summed E-state index contributed by atoms with van der Waals surface area (Å²) in [5, 5.41) is 32.8. The molecule has 16 atom stereocenters. The Morgan fingerprint density at radius 1 is 0.789 bits per heavy atom. The highest BCUT2D eigenvalue weighted by Gasteiger charge is 2.64. The van der Waals surface area contributed by atoms with Crippen LogP contribution in [0.15, 0.2) is 34.9 Å². The number of nitrogen functional groups attached to an aromatic ring is 3. The summed E-state index contributed by atoms with van der Waals surface area (Å²) in [7, 11) is -22.3. The molecule has 4 aliphatic heterocycles. The van der Waals surface area contributed by atoms with Crippen LogP contribution in [-0.4, -0.2) is 157 Å². The first-order valence-corrected chi connectivity index (χ1v) is 27.4. The van der Waals surface area contributed by atoms with Gasteiger partial charge in [-0.05, 0) is 0 Å². The lowest BCUT2D eigenvalue weighted by molar-refractivity contribution is -0.752. The van der Waals surface area contributed by atoms with E-state index in [9.17, 15) is 62.7 Å². The van der Waals surface area contributed by atoms with Gasteiger partial charge in [0.25, 0.3) is 48.4 Å². The lowest BCUT2D eigenvalue weighted by Gasteiger charge is -2.36. The summed E-state index contributed by atoms with van der Waals surface area (Å²) in [6, 6.07) is 0. The molecule has 11 N–H and O–H groups in total. The molecule has 0 radical (unpaired) electrons. The number of hydrogen-bond donors (Lipinski definition) is 8. The normalized spacial score (nSPS) is 31.8. The molecule has 4 aliphatic rings. The predicted molar refractivity (Wildman–Crippen MR) is 233 cm³/mol. The third-order valence-electron chi connectivity index (χ3n) is 12.3. The molecule has 0 spiro atoms. The van der Waals surface area contributed by atoms with E-state index < -0.39 is 142 Å². The molecule has 76 heavy (non-hydrogen) atoms. The molecule has 0 aromatic carbocycles. The third kappa shape index (κ3) is 10.0. The Bertz CT molecular complexity index is 3560. The van der Waals surface area contributed by atoms with Gasteiger partial charge in [-0.2, -0.15) is 4.98 Å². The lowest BCUT2D eigenvalue weighted by atomic mass is 10.0. The number of rotatable bonds is 19. The average Bonchev–Trinajstić information content (AvgIpc) is 4.23. The predicted octanol–water partition coefficient (Wildman–Crippen LogP) is -6.83. The topological polar surface area (TPSA) is 563 Å². The smallest absolute Gasteiger partial charge is 0.313 e. The van der Waals surface area contributed by atoms with Crippen molar-refractivity contribution < 1.29 is 108 Å². The molecule has 6 aromatic rings. The summed E-state index contributed by atoms with van der Waals surface area (Å²) in [6.07, 6.45) is -13.6. The molecule has 4 fully saturated rings. The second-order valence-corrected chi connectivity index (χ2v) is 23.0. The highest BCUT2D eigenvalue weighted by atomic mass is 31.3. The van der Waals surface area contributed by atoms with Crippen molar-refractivity contribution in [2.24, 2.45) is 7.05 Å². The third-order valence-corrected chi connectivity index (χ3v) is 17.3. The van der Waals surface area contributed by atoms with E-state index in [1.807, 2.05) is 0 Å². The Balaban J connectivity index is 0.810. The van der Waals surface area contributed by atoms with Crippen LogP contribution in [0.4, 0.5) is 17.7 Å². The Labute approximate surface area is 420 Å². The number of phosphoric ester groups is 3. The van der Waals surface area contributed by atoms with Gasteiger partial charge in [-0.1, -0.05) is 4.98 Å². The number of aliphatic hydroxyl groups is 3. The number of hydrogen-bond acceptors (Lipinski definition) is 33. The fourth-order valence-corrected chi connectivity index (χ4v) is 13.3. The summed E-state index contributed by atoms with van der Waals surface area (Å²) >= 11 is 0. The SMILES string of the molecule is CO[C@H]1C(OP(=O)([O-])OC[C@H]2O[C@@H](n3cnc4c(=O)[nH]c(N)nc43)[C@@H](O)C2O)[C@@H](COP(=O)([O-])OP(=O)([O-])OP(=O)([O-])OC[C@@]23COC([C@H]([n+]4cn(C)c5c(=O)[nH]c(N)nc54)O2)[C@H]3O)O[C@H]1n1cnc2c(N)ncnc21. The number of H-pyrrole nitrogens is 2. The monoisotopic (exact) mass is 1150 g/mol. The van der Waals surface area contributed by atoms with E-state index >= 15 is 0 Å². The minimum absolute atomic E-state index is 0.0171. The number of phosphoric acid groups is 4. The van der Waals surface area contributed by atoms with Crippen molar-refractivity contribution >= 4 is 82.5 Å². The van der Waals surface area contributed by atoms with Gasteiger partial charge in [0.1, 0.15) is 66.3 Å². The van der Waals surface area contributed by atoms with E-state index in [1.54, 1.807) is 0 Å². The van der Waals surface area contributed by atoms with Crippen LogP contribution in [0.3, 0.4) is 0 Å². The number of aliphatic hydroxyl groups excluding tert-OH is 3. The Kier molecular flexibility index (Phi) is 14.0. The molecule has 2 bridgehead atoms. The summed E-state index contributed by atoms with van der Waals surface area (Å²) in [5.41, 5.74) is 13.5. The van der Waals surface area contributed by atoms with Crippen LogP contribution in [0, 0.1) is 0 Å². The summed E-state index contributed by atoms with van der Waals surface area (Å²) in [5.74, 6) is -0.716. The molecule has 4 saturated heterocycles. The van der Waals surface area contributed by atoms with Crippen LogP contribution in [0.1, 0.15) is 18.7 Å². The van der Waals surface area contributed by atoms with Crippen molar-refractivity contribution in [2.45, 2.75) is 73.1 Å². The van der Waals surface area contributed by atoms with Crippen LogP contribution in [0.25, 0.3) is 33.5 Å². The molecular formula is C33H40N15O24P4-3. The number of anilines is 3. The largest absolute Gasteiger partial charge is 0.756 e. The highest BCUT2D eigenvalue weighted by molar-refractivity contribution is 7.65. The van der Waals surface area contributed by atoms with Crippen LogP contribution in [-0.2, 0) is 75.7 Å². The number of fused-ring (bicyclic) bond motifs is 5. The minimum Gasteiger partial charge on any atom is -0.756 e. The first-order valence-electron chi connectivity index (χ1n) is 21.6. The van der Waals surface area contributed by atoms with Gasteiger partial charge in [0.2, 0.25) is 17.7 Å². The van der Waals surface area contributed by atoms with Crippen LogP contribution in [0.5, 0.6) is 0 Å². The molecule has 7 unspecified atom stereocenters. The lowest BCUT2D eigenvalue weighted by Crippen LogP contribution is -2.50. The number of methoxy groups -OCH3 is 1. The van der Waals surface area contributed by atoms with Crippen LogP contribution >= 0.6 is 31.3 Å². The van der Waals surface area contributed by atoms with Crippen LogP contribution in [0.2, 0.25) is 0 Å². The Morgan fingerprint density at radius 3 is 2.14 bits per heavy atom. The molecule has 10 heterocycles. The molecule has 0 aliphatic carbocycles. The zero-order valence-corrected chi connectivity index (χ0v) is 42.0. The van der Waals surface area contributed by atoms with Crippen molar-refractivity contribution in [2.75, 3.05) is 50.7 Å². The Morgan fingerprint density at radius 2 is 1.42 bits per heavy atom. The van der Waals surface area contributed by atoms with E-state index in [4.69, 9.17) is 59.0 Å². The first kappa shape index (κ1) is 54.2. The van der Waals surface area contributed by atoms with Crippen molar-refractivity contribution in [3.63, 3.8) is 0 Å². The second kappa shape index (κ2) is 19.6. The van der Waals surface area contributed by atoms with E-state index in [2.05, 4.69) is 48.5 Å². The molecule has 39 nitrogen and oxygen atoms in total. The summed E-state index contributed by atoms with van der Waals surface area (Å²) in [4.78, 5) is 106. The van der Waals surface area contributed by atoms with Gasteiger partial charge >= 0.3 is 5.65 Å². The van der Waals surface area contributed by atoms with Crippen LogP contribution < -0.4 is 52.5 Å². The van der Waals surface area contributed by atoms with Gasteiger partial charge in [0.15, 0.2) is 41.4 Å². The zero-order valence-electron chi connectivity index (χ0n) is 38.4. The molecule has 10 rings (SSSR count). The number of aromatic amines is 2. The molecule has 6 aromatic heterocycles. The van der Waals surface area contributed by atoms with Gasteiger partial charge in [-0.25, -0.2) is 33.1 Å². The number of ether oxygens (including phenoxy) is 5. The summed E-state index contributed by atoms with van der Waals surface area (Å²) < 4.78 is 114. The van der Waals surface area contributed by atoms with Crippen molar-refractivity contribution in [3.05, 3.63) is 46.0 Å². The number of aryl methyl sites for hydroxylation is 1. The van der Waals surface area contributed by atoms with E-state index in [0.29, 0.717) is 0 Å². The van der Waals surface area contributed by atoms with E-state index in [1.165, 1.54) is 22.5 Å². The Hall–Kier alpha value is -5.15. The number of aromatic nitrogens is 12. The molecule has 414 valence electrons. The standard InChI is InChI=1S/C33H43N15O24P4/c1-45-10-48(25-15(45)27(53)44-32(36)42-25)30-20-21(51)33(69-30,5-63-20)6-66-75(58,59)72-76(60,61)71-74(56,57)65-4-12-18(19(62-2)29(68-12)46-8-39-13-22(34)37-7-38-23(13)46)70-73(54,55)64-3-11-16(49)17(50)28(67-11)47-9-40-14-24(47)41-31(35)43-26(14)52/h7-12,16-21,28-30,49-51H,3-6H2,1-2H3,(H11-,34,35,36,37,38,41,42,43,44,52,53,54,55,56,57,58,59,60,61)/p-3/t11-,12-,16?,17+,18?,19+,20?,21-,28-,29-,30-,33-/m1/s1. The minimum atomic E-state index is -6.58. The van der Waals surface area contributed by atoms with Gasteiger partial charge in [-0.3, -0.25) is 51.5 Å². The van der Waals surface area contributed by atoms with E-state index in [0.717, 1.165) is 35.2 Å².